The van der Waals surface area contributed by atoms with Crippen LogP contribution < -0.4 is 14.4 Å². The molecule has 1 saturated heterocycles. The number of halogens is 3. The Morgan fingerprint density at radius 1 is 1.00 bits per heavy atom. The summed E-state index contributed by atoms with van der Waals surface area (Å²) in [5.74, 6) is 0.788. The van der Waals surface area contributed by atoms with E-state index < -0.39 is 12.1 Å². The van der Waals surface area contributed by atoms with E-state index in [9.17, 15) is 18.0 Å². The fraction of sp³-hybridized carbons (Fsp3) is 0.273. The molecule has 0 saturated carbocycles. The minimum atomic E-state index is -4.80. The van der Waals surface area contributed by atoms with Crippen molar-refractivity contribution in [3.8, 4) is 22.8 Å². The minimum Gasteiger partial charge on any atom is -0.497 e. The Balaban J connectivity index is 1.37. The van der Waals surface area contributed by atoms with Gasteiger partial charge in [-0.2, -0.15) is 5.10 Å². The molecule has 2 heterocycles. The number of amides is 1. The molecule has 0 spiro atoms. The lowest BCUT2D eigenvalue weighted by Gasteiger charge is -2.34. The Kier molecular flexibility index (Phi) is 5.93. The van der Waals surface area contributed by atoms with Crippen LogP contribution in [0.2, 0.25) is 0 Å². The smallest absolute Gasteiger partial charge is 0.497 e. The molecule has 1 aromatic heterocycles. The highest BCUT2D eigenvalue weighted by molar-refractivity contribution is 5.94. The maximum atomic E-state index is 12.7. The first kappa shape index (κ1) is 21.5. The van der Waals surface area contributed by atoms with Crippen molar-refractivity contribution >= 4 is 11.7 Å². The molecular weight excluding hydrogens is 425 g/mol. The molecule has 0 aliphatic carbocycles. The van der Waals surface area contributed by atoms with Gasteiger partial charge in [-0.15, -0.1) is 13.2 Å². The SMILES string of the molecule is COc1ccc(-c2cc(N3CCN(C(=O)c4cccc(OC(F)(F)F)c4)CC3)n[nH]2)cc1. The van der Waals surface area contributed by atoms with Crippen molar-refractivity contribution in [3.05, 3.63) is 60.2 Å². The Morgan fingerprint density at radius 3 is 2.38 bits per heavy atom. The van der Waals surface area contributed by atoms with Gasteiger partial charge in [0, 0.05) is 37.8 Å². The predicted molar refractivity (Wildman–Crippen MR) is 112 cm³/mol. The second-order valence-electron chi connectivity index (χ2n) is 7.22. The molecule has 1 fully saturated rings. The first-order valence-corrected chi connectivity index (χ1v) is 9.92. The summed E-state index contributed by atoms with van der Waals surface area (Å²) in [6.07, 6.45) is -4.80. The highest BCUT2D eigenvalue weighted by atomic mass is 19.4. The summed E-state index contributed by atoms with van der Waals surface area (Å²) in [5.41, 5.74) is 1.99. The van der Waals surface area contributed by atoms with Crippen molar-refractivity contribution in [1.29, 1.82) is 0 Å². The number of hydrogen-bond donors (Lipinski definition) is 1. The average Bonchev–Trinajstić information content (AvgIpc) is 3.28. The van der Waals surface area contributed by atoms with Gasteiger partial charge in [0.1, 0.15) is 11.5 Å². The zero-order chi connectivity index (χ0) is 22.7. The highest BCUT2D eigenvalue weighted by Gasteiger charge is 2.31. The van der Waals surface area contributed by atoms with Gasteiger partial charge in [0.05, 0.1) is 12.8 Å². The Morgan fingerprint density at radius 2 is 1.72 bits per heavy atom. The topological polar surface area (TPSA) is 70.7 Å². The summed E-state index contributed by atoms with van der Waals surface area (Å²) in [4.78, 5) is 16.4. The maximum Gasteiger partial charge on any atom is 0.573 e. The van der Waals surface area contributed by atoms with Crippen LogP contribution in [0.4, 0.5) is 19.0 Å². The van der Waals surface area contributed by atoms with Crippen molar-refractivity contribution < 1.29 is 27.4 Å². The lowest BCUT2D eigenvalue weighted by molar-refractivity contribution is -0.274. The largest absolute Gasteiger partial charge is 0.573 e. The number of aromatic amines is 1. The standard InChI is InChI=1S/C22H21F3N4O3/c1-31-17-7-5-15(6-8-17)19-14-20(27-26-19)28-9-11-29(12-10-28)21(30)16-3-2-4-18(13-16)32-22(23,24)25/h2-8,13-14H,9-12H2,1H3,(H,26,27). The molecule has 3 aromatic rings. The van der Waals surface area contributed by atoms with E-state index >= 15 is 0 Å². The zero-order valence-corrected chi connectivity index (χ0v) is 17.2. The van der Waals surface area contributed by atoms with Crippen LogP contribution in [0.15, 0.2) is 54.6 Å². The van der Waals surface area contributed by atoms with E-state index in [1.165, 1.54) is 18.2 Å². The number of methoxy groups -OCH3 is 1. The molecule has 7 nitrogen and oxygen atoms in total. The monoisotopic (exact) mass is 446 g/mol. The van der Waals surface area contributed by atoms with Crippen LogP contribution >= 0.6 is 0 Å². The van der Waals surface area contributed by atoms with E-state index in [-0.39, 0.29) is 11.5 Å². The summed E-state index contributed by atoms with van der Waals surface area (Å²) in [6, 6.07) is 14.7. The first-order chi connectivity index (χ1) is 15.3. The van der Waals surface area contributed by atoms with Gasteiger partial charge in [-0.25, -0.2) is 0 Å². The molecule has 0 radical (unpaired) electrons. The molecule has 0 bridgehead atoms. The third-order valence-corrected chi connectivity index (χ3v) is 5.17. The van der Waals surface area contributed by atoms with Crippen molar-refractivity contribution in [3.63, 3.8) is 0 Å². The fourth-order valence-corrected chi connectivity index (χ4v) is 3.54. The molecule has 1 aliphatic heterocycles. The molecular formula is C22H21F3N4O3. The van der Waals surface area contributed by atoms with Crippen LogP contribution in [0.25, 0.3) is 11.3 Å². The predicted octanol–water partition coefficient (Wildman–Crippen LogP) is 3.95. The number of ether oxygens (including phenoxy) is 2. The van der Waals surface area contributed by atoms with E-state index in [0.29, 0.717) is 26.2 Å². The quantitative estimate of drug-likeness (QED) is 0.643. The van der Waals surface area contributed by atoms with Gasteiger partial charge in [0.15, 0.2) is 5.82 Å². The van der Waals surface area contributed by atoms with Gasteiger partial charge < -0.3 is 19.3 Å². The van der Waals surface area contributed by atoms with Crippen molar-refractivity contribution in [2.75, 3.05) is 38.2 Å². The second-order valence-corrected chi connectivity index (χ2v) is 7.22. The summed E-state index contributed by atoms with van der Waals surface area (Å²) >= 11 is 0. The number of carbonyl (C=O) groups is 1. The molecule has 10 heteroatoms. The normalized spacial score (nSPS) is 14.4. The van der Waals surface area contributed by atoms with E-state index in [1.54, 1.807) is 12.0 Å². The number of H-pyrrole nitrogens is 1. The molecule has 0 unspecified atom stereocenters. The minimum absolute atomic E-state index is 0.154. The van der Waals surface area contributed by atoms with Crippen LogP contribution in [-0.4, -0.2) is 60.7 Å². The van der Waals surface area contributed by atoms with Gasteiger partial charge in [0.25, 0.3) is 5.91 Å². The van der Waals surface area contributed by atoms with Crippen molar-refractivity contribution in [2.24, 2.45) is 0 Å². The number of hydrogen-bond acceptors (Lipinski definition) is 5. The average molecular weight is 446 g/mol. The van der Waals surface area contributed by atoms with Crippen LogP contribution in [0.5, 0.6) is 11.5 Å². The zero-order valence-electron chi connectivity index (χ0n) is 17.2. The molecule has 1 N–H and O–H groups in total. The fourth-order valence-electron chi connectivity index (χ4n) is 3.54. The van der Waals surface area contributed by atoms with Crippen LogP contribution in [-0.2, 0) is 0 Å². The number of anilines is 1. The van der Waals surface area contributed by atoms with Gasteiger partial charge in [-0.3, -0.25) is 9.89 Å². The third-order valence-electron chi connectivity index (χ3n) is 5.17. The molecule has 1 amide bonds. The number of piperazine rings is 1. The summed E-state index contributed by atoms with van der Waals surface area (Å²) in [7, 11) is 1.61. The first-order valence-electron chi connectivity index (χ1n) is 9.92. The van der Waals surface area contributed by atoms with Crippen molar-refractivity contribution in [2.45, 2.75) is 6.36 Å². The molecule has 2 aromatic carbocycles. The highest BCUT2D eigenvalue weighted by Crippen LogP contribution is 2.26. The van der Waals surface area contributed by atoms with E-state index in [1.807, 2.05) is 30.3 Å². The molecule has 168 valence electrons. The van der Waals surface area contributed by atoms with Crippen LogP contribution in [0.3, 0.4) is 0 Å². The number of aromatic nitrogens is 2. The Bertz CT molecular complexity index is 1070. The molecule has 4 rings (SSSR count). The van der Waals surface area contributed by atoms with Gasteiger partial charge in [-0.1, -0.05) is 6.07 Å². The lowest BCUT2D eigenvalue weighted by atomic mass is 10.1. The summed E-state index contributed by atoms with van der Waals surface area (Å²) in [5, 5.41) is 7.40. The number of rotatable bonds is 5. The summed E-state index contributed by atoms with van der Waals surface area (Å²) in [6.45, 7) is 1.95. The molecule has 0 atom stereocenters. The summed E-state index contributed by atoms with van der Waals surface area (Å²) < 4.78 is 46.4. The lowest BCUT2D eigenvalue weighted by Crippen LogP contribution is -2.49. The second kappa shape index (κ2) is 8.81. The maximum absolute atomic E-state index is 12.7. The van der Waals surface area contributed by atoms with Gasteiger partial charge >= 0.3 is 6.36 Å². The number of alkyl halides is 3. The number of carbonyl (C=O) groups excluding carboxylic acids is 1. The van der Waals surface area contributed by atoms with E-state index in [0.717, 1.165) is 28.9 Å². The van der Waals surface area contributed by atoms with E-state index in [2.05, 4.69) is 19.8 Å². The Hall–Kier alpha value is -3.69. The van der Waals surface area contributed by atoms with Crippen LogP contribution in [0.1, 0.15) is 10.4 Å². The third kappa shape index (κ3) is 4.96. The molecule has 1 aliphatic rings. The van der Waals surface area contributed by atoms with Gasteiger partial charge in [-0.05, 0) is 48.0 Å². The van der Waals surface area contributed by atoms with Crippen molar-refractivity contribution in [1.82, 2.24) is 15.1 Å². The molecule has 32 heavy (non-hydrogen) atoms. The number of nitrogens with zero attached hydrogens (tertiary/aromatic N) is 3. The van der Waals surface area contributed by atoms with E-state index in [4.69, 9.17) is 4.74 Å². The van der Waals surface area contributed by atoms with Crippen LogP contribution in [0, 0.1) is 0 Å². The number of nitrogens with one attached hydrogen (secondary N) is 1. The number of benzene rings is 2. The Labute approximate surface area is 182 Å². The van der Waals surface area contributed by atoms with Gasteiger partial charge in [0.2, 0.25) is 0 Å².